The van der Waals surface area contributed by atoms with Crippen molar-refractivity contribution in [2.45, 2.75) is 19.8 Å². The number of thiophene rings is 1. The van der Waals surface area contributed by atoms with Gasteiger partial charge in [-0.1, -0.05) is 31.2 Å². The van der Waals surface area contributed by atoms with Gasteiger partial charge in [0.25, 0.3) is 5.91 Å². The molecular weight excluding hydrogens is 404 g/mol. The number of amides is 1. The van der Waals surface area contributed by atoms with E-state index in [1.807, 2.05) is 35.7 Å². The van der Waals surface area contributed by atoms with Crippen LogP contribution in [0.2, 0.25) is 0 Å². The number of nitrogens with zero attached hydrogens (tertiary/aromatic N) is 1. The fourth-order valence-electron chi connectivity index (χ4n) is 3.64. The summed E-state index contributed by atoms with van der Waals surface area (Å²) in [4.78, 5) is 19.1. The van der Waals surface area contributed by atoms with Crippen LogP contribution in [-0.2, 0) is 16.3 Å². The Morgan fingerprint density at radius 2 is 2.03 bits per heavy atom. The number of pyridine rings is 1. The fourth-order valence-corrected chi connectivity index (χ4v) is 5.02. The van der Waals surface area contributed by atoms with Gasteiger partial charge in [0.05, 0.1) is 22.5 Å². The number of sulfone groups is 1. The van der Waals surface area contributed by atoms with Crippen LogP contribution in [0.25, 0.3) is 22.6 Å². The predicted molar refractivity (Wildman–Crippen MR) is 119 cm³/mol. The molecule has 0 fully saturated rings. The molecule has 0 atom stereocenters. The van der Waals surface area contributed by atoms with E-state index in [1.165, 1.54) is 4.88 Å². The van der Waals surface area contributed by atoms with Crippen LogP contribution in [0.4, 0.5) is 0 Å². The number of nitrogens with one attached hydrogen (secondary N) is 1. The topological polar surface area (TPSA) is 76.1 Å². The van der Waals surface area contributed by atoms with Gasteiger partial charge in [-0.25, -0.2) is 13.4 Å². The molecule has 5 nitrogen and oxygen atoms in total. The molecule has 4 rings (SSSR count). The number of carbonyl (C=O) groups excluding carboxylic acids is 1. The average molecular weight is 427 g/mol. The Kier molecular flexibility index (Phi) is 5.52. The maximum absolute atomic E-state index is 13.1. The lowest BCUT2D eigenvalue weighted by Crippen LogP contribution is -2.30. The van der Waals surface area contributed by atoms with Gasteiger partial charge < -0.3 is 5.32 Å². The number of carbonyl (C=O) groups is 1. The van der Waals surface area contributed by atoms with Crippen LogP contribution in [0.3, 0.4) is 0 Å². The third kappa shape index (κ3) is 4.11. The van der Waals surface area contributed by atoms with Crippen molar-refractivity contribution in [3.05, 3.63) is 63.5 Å². The number of hydrogen-bond donors (Lipinski definition) is 1. The van der Waals surface area contributed by atoms with Gasteiger partial charge in [-0.2, -0.15) is 0 Å². The van der Waals surface area contributed by atoms with E-state index in [2.05, 4.69) is 17.5 Å². The monoisotopic (exact) mass is 426 g/mol. The van der Waals surface area contributed by atoms with Crippen molar-refractivity contribution in [1.29, 1.82) is 0 Å². The number of rotatable bonds is 6. The van der Waals surface area contributed by atoms with Crippen LogP contribution in [-0.4, -0.2) is 37.4 Å². The molecule has 1 aromatic carbocycles. The lowest BCUT2D eigenvalue weighted by molar-refractivity contribution is 0.0957. The molecule has 29 heavy (non-hydrogen) atoms. The largest absolute Gasteiger partial charge is 0.351 e. The molecule has 3 aromatic rings. The number of aromatic nitrogens is 1. The van der Waals surface area contributed by atoms with Crippen LogP contribution < -0.4 is 5.32 Å². The Morgan fingerprint density at radius 1 is 1.21 bits per heavy atom. The Bertz CT molecular complexity index is 1200. The summed E-state index contributed by atoms with van der Waals surface area (Å²) in [6.45, 7) is 1.72. The lowest BCUT2D eigenvalue weighted by atomic mass is 10.00. The van der Waals surface area contributed by atoms with Crippen molar-refractivity contribution in [3.8, 4) is 0 Å². The van der Waals surface area contributed by atoms with Gasteiger partial charge in [0.1, 0.15) is 0 Å². The van der Waals surface area contributed by atoms with Crippen LogP contribution in [0.15, 0.2) is 41.8 Å². The molecule has 2 heterocycles. The second-order valence-corrected chi connectivity index (χ2v) is 10.5. The molecule has 2 aromatic heterocycles. The third-order valence-electron chi connectivity index (χ3n) is 5.17. The predicted octanol–water partition coefficient (Wildman–Crippen LogP) is 3.95. The van der Waals surface area contributed by atoms with Crippen molar-refractivity contribution in [3.63, 3.8) is 0 Å². The quantitative estimate of drug-likeness (QED) is 0.648. The SMILES string of the molecule is CCS(=O)(=O)CCNC(=O)c1c2c(nc3ccccc13)/C(=C\c1cccs1)CC2. The van der Waals surface area contributed by atoms with Gasteiger partial charge >= 0.3 is 0 Å². The zero-order valence-corrected chi connectivity index (χ0v) is 17.8. The normalized spacial score (nSPS) is 15.0. The summed E-state index contributed by atoms with van der Waals surface area (Å²) in [5, 5.41) is 5.65. The molecule has 1 amide bonds. The Balaban J connectivity index is 1.73. The zero-order valence-electron chi connectivity index (χ0n) is 16.1. The van der Waals surface area contributed by atoms with Crippen molar-refractivity contribution < 1.29 is 13.2 Å². The first kappa shape index (κ1) is 19.8. The standard InChI is InChI=1S/C22H22N2O3S2/c1-2-29(26,27)13-11-23-22(25)20-17-7-3-4-8-19(17)24-21-15(9-10-18(20)21)14-16-6-5-12-28-16/h3-8,12,14H,2,9-11,13H2,1H3,(H,23,25)/b15-14-. The summed E-state index contributed by atoms with van der Waals surface area (Å²) < 4.78 is 23.5. The molecule has 7 heteroatoms. The van der Waals surface area contributed by atoms with Crippen molar-refractivity contribution in [2.75, 3.05) is 18.1 Å². The number of fused-ring (bicyclic) bond motifs is 2. The second-order valence-electron chi connectivity index (χ2n) is 7.01. The van der Waals surface area contributed by atoms with E-state index in [9.17, 15) is 13.2 Å². The van der Waals surface area contributed by atoms with Gasteiger partial charge in [-0.05, 0) is 47.6 Å². The third-order valence-corrected chi connectivity index (χ3v) is 7.69. The first-order chi connectivity index (χ1) is 14.0. The highest BCUT2D eigenvalue weighted by molar-refractivity contribution is 7.91. The number of allylic oxidation sites excluding steroid dienone is 1. The molecule has 150 valence electrons. The molecule has 0 radical (unpaired) electrons. The molecule has 0 bridgehead atoms. The highest BCUT2D eigenvalue weighted by Crippen LogP contribution is 2.37. The van der Waals surface area contributed by atoms with Crippen LogP contribution >= 0.6 is 11.3 Å². The molecule has 1 N–H and O–H groups in total. The lowest BCUT2D eigenvalue weighted by Gasteiger charge is -2.13. The summed E-state index contributed by atoms with van der Waals surface area (Å²) in [6, 6.07) is 11.7. The van der Waals surface area contributed by atoms with Gasteiger partial charge in [-0.15, -0.1) is 11.3 Å². The molecule has 0 spiro atoms. The van der Waals surface area contributed by atoms with E-state index in [0.717, 1.165) is 40.6 Å². The second kappa shape index (κ2) is 8.08. The van der Waals surface area contributed by atoms with Crippen LogP contribution in [0.5, 0.6) is 0 Å². The summed E-state index contributed by atoms with van der Waals surface area (Å²) in [6.07, 6.45) is 3.73. The summed E-state index contributed by atoms with van der Waals surface area (Å²) in [7, 11) is -3.12. The number of hydrogen-bond acceptors (Lipinski definition) is 5. The minimum Gasteiger partial charge on any atom is -0.351 e. The average Bonchev–Trinajstić information content (AvgIpc) is 3.36. The van der Waals surface area contributed by atoms with Gasteiger partial charge in [-0.3, -0.25) is 4.79 Å². The van der Waals surface area contributed by atoms with Crippen LogP contribution in [0.1, 0.15) is 39.8 Å². The van der Waals surface area contributed by atoms with Gasteiger partial charge in [0.15, 0.2) is 9.84 Å². The summed E-state index contributed by atoms with van der Waals surface area (Å²) in [5.41, 5.74) is 4.35. The van der Waals surface area contributed by atoms with E-state index in [0.29, 0.717) is 5.56 Å². The Labute approximate surface area is 174 Å². The molecule has 0 aliphatic heterocycles. The molecule has 1 aliphatic rings. The smallest absolute Gasteiger partial charge is 0.252 e. The fraction of sp³-hybridized carbons (Fsp3) is 0.273. The van der Waals surface area contributed by atoms with E-state index < -0.39 is 9.84 Å². The zero-order chi connectivity index (χ0) is 20.4. The summed E-state index contributed by atoms with van der Waals surface area (Å²) >= 11 is 1.67. The summed E-state index contributed by atoms with van der Waals surface area (Å²) in [5.74, 6) is -0.208. The van der Waals surface area contributed by atoms with Crippen molar-refractivity contribution in [2.24, 2.45) is 0 Å². The minimum absolute atomic E-state index is 0.0516. The molecule has 0 saturated heterocycles. The van der Waals surface area contributed by atoms with Crippen molar-refractivity contribution >= 4 is 49.6 Å². The maximum atomic E-state index is 13.1. The Morgan fingerprint density at radius 3 is 2.79 bits per heavy atom. The first-order valence-electron chi connectivity index (χ1n) is 9.63. The van der Waals surface area contributed by atoms with E-state index in [4.69, 9.17) is 4.98 Å². The van der Waals surface area contributed by atoms with E-state index >= 15 is 0 Å². The number of benzene rings is 1. The van der Waals surface area contributed by atoms with Crippen molar-refractivity contribution in [1.82, 2.24) is 10.3 Å². The minimum atomic E-state index is -3.12. The maximum Gasteiger partial charge on any atom is 0.252 e. The number of para-hydroxylation sites is 1. The van der Waals surface area contributed by atoms with Crippen LogP contribution in [0, 0.1) is 0 Å². The highest BCUT2D eigenvalue weighted by Gasteiger charge is 2.26. The molecule has 0 unspecified atom stereocenters. The first-order valence-corrected chi connectivity index (χ1v) is 12.3. The van der Waals surface area contributed by atoms with Gasteiger partial charge in [0, 0.05) is 22.6 Å². The molecular formula is C22H22N2O3S2. The van der Waals surface area contributed by atoms with E-state index in [-0.39, 0.29) is 24.0 Å². The van der Waals surface area contributed by atoms with Gasteiger partial charge in [0.2, 0.25) is 0 Å². The van der Waals surface area contributed by atoms with E-state index in [1.54, 1.807) is 18.3 Å². The highest BCUT2D eigenvalue weighted by atomic mass is 32.2. The molecule has 0 saturated carbocycles. The Hall–Kier alpha value is -2.51. The molecule has 1 aliphatic carbocycles.